The molecule has 234 valence electrons. The van der Waals surface area contributed by atoms with Crippen LogP contribution >= 0.6 is 22.9 Å². The van der Waals surface area contributed by atoms with Gasteiger partial charge in [0.15, 0.2) is 13.4 Å². The van der Waals surface area contributed by atoms with Crippen LogP contribution in [0.4, 0.5) is 5.13 Å². The zero-order valence-electron chi connectivity index (χ0n) is 26.6. The number of thiazole rings is 1. The number of ether oxygens (including phenoxy) is 1. The van der Waals surface area contributed by atoms with Crippen LogP contribution in [0.15, 0.2) is 48.9 Å². The highest BCUT2D eigenvalue weighted by Gasteiger charge is 2.39. The van der Waals surface area contributed by atoms with Crippen molar-refractivity contribution in [3.8, 4) is 16.9 Å². The summed E-state index contributed by atoms with van der Waals surface area (Å²) in [6, 6.07) is 7.58. The molecule has 1 N–H and O–H groups in total. The topological polar surface area (TPSA) is 104 Å². The van der Waals surface area contributed by atoms with Gasteiger partial charge in [0.05, 0.1) is 36.3 Å². The molecule has 5 heterocycles. The van der Waals surface area contributed by atoms with Crippen molar-refractivity contribution in [3.63, 3.8) is 0 Å². The van der Waals surface area contributed by atoms with Crippen molar-refractivity contribution in [1.29, 1.82) is 0 Å². The second-order valence-corrected chi connectivity index (χ2v) is 19.0. The fourth-order valence-corrected chi connectivity index (χ4v) is 7.71. The molecule has 45 heavy (non-hydrogen) atoms. The third-order valence-corrected chi connectivity index (χ3v) is 14.5. The number of amides is 1. The number of carbonyl (C=O) groups is 1. The third-order valence-electron chi connectivity index (χ3n) is 8.88. The molecule has 1 unspecified atom stereocenters. The van der Waals surface area contributed by atoms with E-state index in [2.05, 4.69) is 60.2 Å². The molecule has 5 aromatic heterocycles. The average Bonchev–Trinajstić information content (AvgIpc) is 3.57. The van der Waals surface area contributed by atoms with E-state index in [0.717, 1.165) is 46.6 Å². The average molecular weight is 661 g/mol. The second-order valence-electron chi connectivity index (χ2n) is 12.9. The number of anilines is 1. The van der Waals surface area contributed by atoms with Gasteiger partial charge in [-0.25, -0.2) is 19.9 Å². The van der Waals surface area contributed by atoms with Crippen LogP contribution in [0.3, 0.4) is 0 Å². The molecule has 5 aromatic rings. The molecule has 6 rings (SSSR count). The lowest BCUT2D eigenvalue weighted by Gasteiger charge is -2.40. The standard InChI is InChI=1S/C33H37ClN6O3SSi/c1-19-35-16-21-14-23(24-15-29(34)36-17-28(24)42-5)25(18-40(19)21)30(41)39-32-38-27-13-12-26(37-31(27)44-32)20-8-10-22(11-9-20)43-45(6,7)33(2,3)4/h8,12-18,22H,9-11H2,1-7H3,(H,38,39,41). The molecule has 1 aliphatic rings. The molecule has 0 saturated carbocycles. The predicted molar refractivity (Wildman–Crippen MR) is 184 cm³/mol. The molecule has 1 atom stereocenters. The minimum absolute atomic E-state index is 0.190. The van der Waals surface area contributed by atoms with E-state index >= 15 is 0 Å². The Labute approximate surface area is 272 Å². The van der Waals surface area contributed by atoms with Crippen molar-refractivity contribution >= 4 is 63.7 Å². The SMILES string of the molecule is COc1cnc(Cl)cc1-c1cc2cnc(C)n2cc1C(=O)Nc1nc2ccc(C3=CCC(O[Si](C)(C)C(C)(C)C)CC3)nc2s1. The maximum atomic E-state index is 13.8. The highest BCUT2D eigenvalue weighted by atomic mass is 35.5. The van der Waals surface area contributed by atoms with E-state index in [1.54, 1.807) is 31.8 Å². The summed E-state index contributed by atoms with van der Waals surface area (Å²) in [5.41, 5.74) is 5.45. The van der Waals surface area contributed by atoms with Gasteiger partial charge in [-0.1, -0.05) is 49.8 Å². The summed E-state index contributed by atoms with van der Waals surface area (Å²) in [6.07, 6.45) is 10.4. The Kier molecular flexibility index (Phi) is 8.32. The van der Waals surface area contributed by atoms with Gasteiger partial charge in [0.25, 0.3) is 5.91 Å². The van der Waals surface area contributed by atoms with E-state index in [-0.39, 0.29) is 17.0 Å². The molecule has 0 bridgehead atoms. The fraction of sp³-hybridized carbons (Fsp3) is 0.364. The van der Waals surface area contributed by atoms with Crippen molar-refractivity contribution in [3.05, 3.63) is 71.2 Å². The zero-order chi connectivity index (χ0) is 32.1. The van der Waals surface area contributed by atoms with Crippen LogP contribution in [0.1, 0.15) is 61.9 Å². The zero-order valence-corrected chi connectivity index (χ0v) is 29.1. The molecule has 0 aromatic carbocycles. The monoisotopic (exact) mass is 660 g/mol. The molecular formula is C33H37ClN6O3SSi. The van der Waals surface area contributed by atoms with Crippen LogP contribution in [-0.2, 0) is 4.43 Å². The quantitative estimate of drug-likeness (QED) is 0.138. The molecule has 0 fully saturated rings. The van der Waals surface area contributed by atoms with Crippen LogP contribution in [0.5, 0.6) is 5.75 Å². The number of fused-ring (bicyclic) bond motifs is 2. The van der Waals surface area contributed by atoms with Gasteiger partial charge in [-0.2, -0.15) is 0 Å². The maximum Gasteiger partial charge on any atom is 0.259 e. The molecule has 9 nitrogen and oxygen atoms in total. The van der Waals surface area contributed by atoms with Crippen molar-refractivity contribution in [2.24, 2.45) is 0 Å². The molecule has 0 radical (unpaired) electrons. The summed E-state index contributed by atoms with van der Waals surface area (Å²) >= 11 is 7.62. The molecule has 1 amide bonds. The summed E-state index contributed by atoms with van der Waals surface area (Å²) in [6.45, 7) is 13.3. The molecule has 0 aliphatic heterocycles. The number of rotatable bonds is 7. The van der Waals surface area contributed by atoms with Gasteiger partial charge in [0, 0.05) is 23.4 Å². The molecule has 0 spiro atoms. The number of imidazole rings is 1. The van der Waals surface area contributed by atoms with Gasteiger partial charge >= 0.3 is 0 Å². The number of halogens is 1. The van der Waals surface area contributed by atoms with Crippen molar-refractivity contribution in [1.82, 2.24) is 24.3 Å². The number of nitrogens with zero attached hydrogens (tertiary/aromatic N) is 5. The van der Waals surface area contributed by atoms with Crippen LogP contribution in [0.2, 0.25) is 23.3 Å². The van der Waals surface area contributed by atoms with E-state index in [1.165, 1.54) is 16.9 Å². The Balaban J connectivity index is 1.26. The number of hydrogen-bond donors (Lipinski definition) is 1. The van der Waals surface area contributed by atoms with E-state index < -0.39 is 8.32 Å². The van der Waals surface area contributed by atoms with Gasteiger partial charge in [-0.3, -0.25) is 10.1 Å². The van der Waals surface area contributed by atoms with Crippen LogP contribution < -0.4 is 10.1 Å². The highest BCUT2D eigenvalue weighted by molar-refractivity contribution is 7.22. The first-order chi connectivity index (χ1) is 21.3. The Morgan fingerprint density at radius 2 is 1.93 bits per heavy atom. The van der Waals surface area contributed by atoms with Crippen molar-refractivity contribution in [2.75, 3.05) is 12.4 Å². The lowest BCUT2D eigenvalue weighted by Crippen LogP contribution is -2.44. The number of allylic oxidation sites excluding steroid dienone is 1. The smallest absolute Gasteiger partial charge is 0.259 e. The number of carbonyl (C=O) groups excluding carboxylic acids is 1. The van der Waals surface area contributed by atoms with E-state index in [4.69, 9.17) is 25.7 Å². The number of hydrogen-bond acceptors (Lipinski definition) is 8. The first-order valence-corrected chi connectivity index (χ1v) is 19.1. The normalized spacial score (nSPS) is 15.8. The Bertz CT molecular complexity index is 1960. The lowest BCUT2D eigenvalue weighted by molar-refractivity contribution is 0.102. The summed E-state index contributed by atoms with van der Waals surface area (Å²) in [7, 11) is -0.256. The number of nitrogens with one attached hydrogen (secondary N) is 1. The summed E-state index contributed by atoms with van der Waals surface area (Å²) < 4.78 is 14.1. The number of aryl methyl sites for hydroxylation is 1. The molecular weight excluding hydrogens is 624 g/mol. The second kappa shape index (κ2) is 11.9. The fourth-order valence-electron chi connectivity index (χ4n) is 5.32. The van der Waals surface area contributed by atoms with E-state index in [1.807, 2.05) is 29.5 Å². The predicted octanol–water partition coefficient (Wildman–Crippen LogP) is 8.58. The van der Waals surface area contributed by atoms with E-state index in [9.17, 15) is 4.79 Å². The minimum atomic E-state index is -1.81. The summed E-state index contributed by atoms with van der Waals surface area (Å²) in [4.78, 5) is 32.8. The minimum Gasteiger partial charge on any atom is -0.494 e. The summed E-state index contributed by atoms with van der Waals surface area (Å²) in [5.74, 6) is 0.939. The van der Waals surface area contributed by atoms with Gasteiger partial charge in [-0.15, -0.1) is 0 Å². The first-order valence-electron chi connectivity index (χ1n) is 15.0. The number of methoxy groups -OCH3 is 1. The van der Waals surface area contributed by atoms with Crippen molar-refractivity contribution in [2.45, 2.75) is 71.2 Å². The molecule has 0 saturated heterocycles. The lowest BCUT2D eigenvalue weighted by atomic mass is 9.95. The number of pyridine rings is 3. The van der Waals surface area contributed by atoms with Crippen LogP contribution in [0.25, 0.3) is 32.6 Å². The third kappa shape index (κ3) is 6.26. The molecule has 1 aliphatic carbocycles. The van der Waals surface area contributed by atoms with Gasteiger partial charge in [0.1, 0.15) is 27.1 Å². The van der Waals surface area contributed by atoms with Gasteiger partial charge < -0.3 is 13.6 Å². The van der Waals surface area contributed by atoms with E-state index in [0.29, 0.717) is 32.7 Å². The summed E-state index contributed by atoms with van der Waals surface area (Å²) in [5, 5.41) is 3.95. The Morgan fingerprint density at radius 1 is 1.13 bits per heavy atom. The van der Waals surface area contributed by atoms with Crippen molar-refractivity contribution < 1.29 is 14.0 Å². The largest absolute Gasteiger partial charge is 0.494 e. The highest BCUT2D eigenvalue weighted by Crippen LogP contribution is 2.40. The van der Waals surface area contributed by atoms with Crippen LogP contribution in [-0.4, -0.2) is 51.8 Å². The van der Waals surface area contributed by atoms with Crippen LogP contribution in [0, 0.1) is 6.92 Å². The first kappa shape index (κ1) is 31.3. The maximum absolute atomic E-state index is 13.8. The van der Waals surface area contributed by atoms with Gasteiger partial charge in [0.2, 0.25) is 0 Å². The number of aromatic nitrogens is 5. The molecule has 12 heteroatoms. The van der Waals surface area contributed by atoms with Gasteiger partial charge in [-0.05, 0) is 74.2 Å². The Morgan fingerprint density at radius 3 is 2.64 bits per heavy atom. The Hall–Kier alpha value is -3.64.